The van der Waals surface area contributed by atoms with Crippen molar-refractivity contribution in [1.82, 2.24) is 5.32 Å². The van der Waals surface area contributed by atoms with Crippen LogP contribution in [0, 0.1) is 5.92 Å². The first-order valence-electron chi connectivity index (χ1n) is 9.51. The second-order valence-corrected chi connectivity index (χ2v) is 7.62. The number of rotatable bonds is 2. The van der Waals surface area contributed by atoms with Crippen LogP contribution in [0.5, 0.6) is 11.5 Å². The van der Waals surface area contributed by atoms with Crippen molar-refractivity contribution in [2.45, 2.75) is 69.4 Å². The van der Waals surface area contributed by atoms with Crippen molar-refractivity contribution in [1.29, 1.82) is 0 Å². The van der Waals surface area contributed by atoms with Gasteiger partial charge in [-0.15, -0.1) is 0 Å². The number of fused-ring (bicyclic) bond motifs is 1. The molecule has 3 aliphatic rings. The average molecular weight is 384 g/mol. The van der Waals surface area contributed by atoms with E-state index in [-0.39, 0.29) is 6.42 Å². The van der Waals surface area contributed by atoms with Crippen molar-refractivity contribution < 1.29 is 27.4 Å². The van der Waals surface area contributed by atoms with E-state index in [0.717, 1.165) is 25.7 Å². The maximum absolute atomic E-state index is 13.2. The van der Waals surface area contributed by atoms with E-state index in [9.17, 15) is 18.0 Å². The summed E-state index contributed by atoms with van der Waals surface area (Å²) in [7, 11) is 0. The molecule has 8 heteroatoms. The average Bonchev–Trinajstić information content (AvgIpc) is 3.20. The van der Waals surface area contributed by atoms with Crippen LogP contribution in [0.1, 0.15) is 51.4 Å². The van der Waals surface area contributed by atoms with Crippen LogP contribution >= 0.6 is 0 Å². The highest BCUT2D eigenvalue weighted by atomic mass is 19.4. The molecule has 5 nitrogen and oxygen atoms in total. The highest BCUT2D eigenvalue weighted by molar-refractivity contribution is 5.90. The third kappa shape index (κ3) is 3.80. The fourth-order valence-electron chi connectivity index (χ4n) is 4.32. The van der Waals surface area contributed by atoms with E-state index < -0.39 is 30.0 Å². The Balaban J connectivity index is 1.39. The Labute approximate surface area is 155 Å². The molecule has 1 aromatic carbocycles. The first-order valence-corrected chi connectivity index (χ1v) is 9.51. The third-order valence-corrected chi connectivity index (χ3v) is 5.66. The molecule has 2 aliphatic carbocycles. The van der Waals surface area contributed by atoms with Crippen molar-refractivity contribution in [3.05, 3.63) is 18.2 Å². The molecule has 0 bridgehead atoms. The number of hydrogen-bond acceptors (Lipinski definition) is 3. The molecule has 1 aliphatic heterocycles. The highest BCUT2D eigenvalue weighted by Crippen LogP contribution is 2.47. The quantitative estimate of drug-likeness (QED) is 0.757. The number of urea groups is 1. The largest absolute Gasteiger partial charge is 0.448 e. The van der Waals surface area contributed by atoms with Gasteiger partial charge in [-0.25, -0.2) is 4.79 Å². The first-order chi connectivity index (χ1) is 12.8. The Kier molecular flexibility index (Phi) is 4.60. The van der Waals surface area contributed by atoms with Gasteiger partial charge in [0, 0.05) is 30.6 Å². The minimum atomic E-state index is -4.30. The SMILES string of the molecule is O=C(Nc1ccc2c(c1)OC1(CCCC1)O2)N[C@H]1CCCC[C@H]1C(F)(F)F. The van der Waals surface area contributed by atoms with Crippen LogP contribution in [-0.2, 0) is 0 Å². The Morgan fingerprint density at radius 3 is 2.48 bits per heavy atom. The standard InChI is InChI=1S/C19H23F3N2O3/c20-19(21,22)13-5-1-2-6-14(13)24-17(25)23-12-7-8-15-16(11-12)27-18(26-15)9-3-4-10-18/h7-8,11,13-14H,1-6,9-10H2,(H2,23,24,25)/t13-,14+/m1/s1. The second-order valence-electron chi connectivity index (χ2n) is 7.62. The van der Waals surface area contributed by atoms with Crippen LogP contribution in [0.15, 0.2) is 18.2 Å². The van der Waals surface area contributed by atoms with E-state index in [4.69, 9.17) is 9.47 Å². The minimum Gasteiger partial charge on any atom is -0.448 e. The van der Waals surface area contributed by atoms with Gasteiger partial charge >= 0.3 is 12.2 Å². The van der Waals surface area contributed by atoms with Crippen LogP contribution in [-0.4, -0.2) is 24.0 Å². The van der Waals surface area contributed by atoms with Gasteiger partial charge in [0.2, 0.25) is 0 Å². The van der Waals surface area contributed by atoms with Gasteiger partial charge in [0.1, 0.15) is 0 Å². The van der Waals surface area contributed by atoms with Gasteiger partial charge in [-0.05, 0) is 37.8 Å². The fourth-order valence-corrected chi connectivity index (χ4v) is 4.32. The Morgan fingerprint density at radius 1 is 1.04 bits per heavy atom. The van der Waals surface area contributed by atoms with Gasteiger partial charge < -0.3 is 20.1 Å². The summed E-state index contributed by atoms with van der Waals surface area (Å²) >= 11 is 0. The zero-order valence-electron chi connectivity index (χ0n) is 14.9. The Hall–Kier alpha value is -2.12. The molecule has 0 aromatic heterocycles. The smallest absolute Gasteiger partial charge is 0.393 e. The van der Waals surface area contributed by atoms with Crippen LogP contribution in [0.2, 0.25) is 0 Å². The van der Waals surface area contributed by atoms with Crippen LogP contribution in [0.25, 0.3) is 0 Å². The number of alkyl halides is 3. The molecule has 148 valence electrons. The molecule has 2 atom stereocenters. The van der Waals surface area contributed by atoms with E-state index in [1.807, 2.05) is 0 Å². The Bertz CT molecular complexity index is 717. The second kappa shape index (κ2) is 6.80. The lowest BCUT2D eigenvalue weighted by atomic mass is 9.84. The van der Waals surface area contributed by atoms with E-state index in [0.29, 0.717) is 36.4 Å². The molecule has 0 unspecified atom stereocenters. The number of carbonyl (C=O) groups excluding carboxylic acids is 1. The van der Waals surface area contributed by atoms with Crippen LogP contribution in [0.3, 0.4) is 0 Å². The molecule has 1 aromatic rings. The van der Waals surface area contributed by atoms with Gasteiger partial charge in [0.25, 0.3) is 5.79 Å². The molecule has 2 N–H and O–H groups in total. The molecule has 2 fully saturated rings. The summed E-state index contributed by atoms with van der Waals surface area (Å²) in [4.78, 5) is 12.2. The lowest BCUT2D eigenvalue weighted by Gasteiger charge is -2.33. The van der Waals surface area contributed by atoms with Gasteiger partial charge in [0.05, 0.1) is 5.92 Å². The summed E-state index contributed by atoms with van der Waals surface area (Å²) in [5.74, 6) is -0.894. The molecule has 2 saturated carbocycles. The molecule has 2 amide bonds. The number of halogens is 3. The van der Waals surface area contributed by atoms with Crippen LogP contribution in [0.4, 0.5) is 23.7 Å². The highest BCUT2D eigenvalue weighted by Gasteiger charge is 2.46. The molecular weight excluding hydrogens is 361 g/mol. The summed E-state index contributed by atoms with van der Waals surface area (Å²) < 4.78 is 51.3. The zero-order chi connectivity index (χ0) is 19.1. The monoisotopic (exact) mass is 384 g/mol. The van der Waals surface area contributed by atoms with Gasteiger partial charge in [-0.3, -0.25) is 0 Å². The van der Waals surface area contributed by atoms with Crippen molar-refractivity contribution >= 4 is 11.7 Å². The first kappa shape index (κ1) is 18.3. The fraction of sp³-hybridized carbons (Fsp3) is 0.632. The summed E-state index contributed by atoms with van der Waals surface area (Å²) in [6.45, 7) is 0. The number of nitrogens with one attached hydrogen (secondary N) is 2. The minimum absolute atomic E-state index is 0.0561. The van der Waals surface area contributed by atoms with Crippen molar-refractivity contribution in [3.8, 4) is 11.5 Å². The molecule has 0 radical (unpaired) electrons. The van der Waals surface area contributed by atoms with Crippen molar-refractivity contribution in [2.75, 3.05) is 5.32 Å². The molecule has 1 spiro atoms. The van der Waals surface area contributed by atoms with Gasteiger partial charge in [-0.1, -0.05) is 12.8 Å². The summed E-state index contributed by atoms with van der Waals surface area (Å²) in [5.41, 5.74) is 0.462. The number of hydrogen-bond donors (Lipinski definition) is 2. The van der Waals surface area contributed by atoms with Gasteiger partial charge in [-0.2, -0.15) is 13.2 Å². The van der Waals surface area contributed by atoms with E-state index in [1.165, 1.54) is 0 Å². The number of carbonyl (C=O) groups is 1. The van der Waals surface area contributed by atoms with E-state index >= 15 is 0 Å². The van der Waals surface area contributed by atoms with E-state index in [1.54, 1.807) is 18.2 Å². The number of ether oxygens (including phenoxy) is 2. The third-order valence-electron chi connectivity index (χ3n) is 5.66. The molecule has 27 heavy (non-hydrogen) atoms. The van der Waals surface area contributed by atoms with Crippen LogP contribution < -0.4 is 20.1 Å². The molecule has 4 rings (SSSR count). The zero-order valence-corrected chi connectivity index (χ0v) is 14.9. The normalized spacial score (nSPS) is 26.2. The molecular formula is C19H23F3N2O3. The lowest BCUT2D eigenvalue weighted by Crippen LogP contribution is -2.48. The maximum atomic E-state index is 13.2. The predicted molar refractivity (Wildman–Crippen MR) is 92.9 cm³/mol. The number of benzene rings is 1. The lowest BCUT2D eigenvalue weighted by molar-refractivity contribution is -0.187. The van der Waals surface area contributed by atoms with Crippen molar-refractivity contribution in [2.24, 2.45) is 5.92 Å². The number of amides is 2. The Morgan fingerprint density at radius 2 is 1.74 bits per heavy atom. The maximum Gasteiger partial charge on any atom is 0.393 e. The topological polar surface area (TPSA) is 59.6 Å². The van der Waals surface area contributed by atoms with Gasteiger partial charge in [0.15, 0.2) is 11.5 Å². The predicted octanol–water partition coefficient (Wildman–Crippen LogP) is 4.97. The summed E-state index contributed by atoms with van der Waals surface area (Å²) in [6, 6.07) is 3.51. The number of anilines is 1. The van der Waals surface area contributed by atoms with E-state index in [2.05, 4.69) is 10.6 Å². The molecule has 1 heterocycles. The summed E-state index contributed by atoms with van der Waals surface area (Å²) in [5, 5.41) is 5.12. The summed E-state index contributed by atoms with van der Waals surface area (Å²) in [6.07, 6.45) is 1.05. The van der Waals surface area contributed by atoms with Crippen molar-refractivity contribution in [3.63, 3.8) is 0 Å². The molecule has 0 saturated heterocycles.